The molecule has 0 radical (unpaired) electrons. The van der Waals surface area contributed by atoms with E-state index in [1.165, 1.54) is 0 Å². The van der Waals surface area contributed by atoms with Gasteiger partial charge in [0.25, 0.3) is 5.91 Å². The quantitative estimate of drug-likeness (QED) is 0.681. The van der Waals surface area contributed by atoms with Gasteiger partial charge in [-0.15, -0.1) is 0 Å². The smallest absolute Gasteiger partial charge is 0.259 e. The Morgan fingerprint density at radius 2 is 2.13 bits per heavy atom. The van der Waals surface area contributed by atoms with E-state index in [4.69, 9.17) is 4.74 Å². The van der Waals surface area contributed by atoms with Crippen LogP contribution < -0.4 is 4.74 Å². The van der Waals surface area contributed by atoms with Gasteiger partial charge in [-0.2, -0.15) is 0 Å². The lowest BCUT2D eigenvalue weighted by Crippen LogP contribution is -2.50. The van der Waals surface area contributed by atoms with Crippen molar-refractivity contribution in [2.24, 2.45) is 5.92 Å². The van der Waals surface area contributed by atoms with Gasteiger partial charge in [0.1, 0.15) is 11.7 Å². The average molecular weight is 417 g/mol. The molecule has 0 saturated heterocycles. The number of ether oxygens (including phenoxy) is 1. The molecule has 1 amide bonds. The predicted octanol–water partition coefficient (Wildman–Crippen LogP) is 1.56. The summed E-state index contributed by atoms with van der Waals surface area (Å²) in [5, 5.41) is 9.73. The molecule has 0 aliphatic carbocycles. The molecule has 0 fully saturated rings. The second-order valence-corrected chi connectivity index (χ2v) is 8.50. The van der Waals surface area contributed by atoms with Gasteiger partial charge in [0.15, 0.2) is 0 Å². The van der Waals surface area contributed by atoms with Crippen LogP contribution in [0.3, 0.4) is 0 Å². The van der Waals surface area contributed by atoms with Crippen molar-refractivity contribution in [2.75, 3.05) is 53.9 Å². The van der Waals surface area contributed by atoms with Gasteiger partial charge in [0.2, 0.25) is 5.88 Å². The Bertz CT molecular complexity index is 771. The van der Waals surface area contributed by atoms with Gasteiger partial charge in [-0.1, -0.05) is 25.7 Å². The molecule has 2 rings (SSSR count). The Kier molecular flexibility index (Phi) is 9.09. The van der Waals surface area contributed by atoms with Crippen molar-refractivity contribution < 1.29 is 14.6 Å². The fourth-order valence-corrected chi connectivity index (χ4v) is 3.47. The summed E-state index contributed by atoms with van der Waals surface area (Å²) in [5.41, 5.74) is 1.08. The fourth-order valence-electron chi connectivity index (χ4n) is 3.47. The molecule has 1 aromatic rings. The van der Waals surface area contributed by atoms with Crippen molar-refractivity contribution in [2.45, 2.75) is 39.3 Å². The van der Waals surface area contributed by atoms with E-state index in [1.807, 2.05) is 25.9 Å². The van der Waals surface area contributed by atoms with E-state index in [-0.39, 0.29) is 30.6 Å². The molecule has 7 heteroatoms. The standard InChI is InChI=1S/C23H36N4O3/c1-7-10-26(6)15-21-17(2)14-27(18(3)16-28)23(29)20-12-19(9-8-11-25(4)5)13-24-22(20)30-21/h12-13,17-18,21,28H,7,10-11,14-16H2,1-6H3/t17-,18+,21-/m0/s1. The summed E-state index contributed by atoms with van der Waals surface area (Å²) in [7, 11) is 5.99. The number of hydrogen-bond acceptors (Lipinski definition) is 6. The molecule has 1 aliphatic rings. The van der Waals surface area contributed by atoms with Crippen LogP contribution in [-0.2, 0) is 0 Å². The lowest BCUT2D eigenvalue weighted by molar-refractivity contribution is 0.0331. The van der Waals surface area contributed by atoms with Crippen LogP contribution in [0.25, 0.3) is 0 Å². The van der Waals surface area contributed by atoms with Gasteiger partial charge in [0, 0.05) is 30.8 Å². The van der Waals surface area contributed by atoms with Crippen molar-refractivity contribution in [1.82, 2.24) is 19.7 Å². The number of amides is 1. The molecule has 1 N–H and O–H groups in total. The summed E-state index contributed by atoms with van der Waals surface area (Å²) in [6.45, 7) is 8.86. The van der Waals surface area contributed by atoms with E-state index in [2.05, 4.69) is 42.6 Å². The highest BCUT2D eigenvalue weighted by atomic mass is 16.5. The molecule has 0 aromatic carbocycles. The summed E-state index contributed by atoms with van der Waals surface area (Å²) < 4.78 is 6.28. The maximum Gasteiger partial charge on any atom is 0.259 e. The number of likely N-dealkylation sites (N-methyl/N-ethyl adjacent to an activating group) is 1. The van der Waals surface area contributed by atoms with E-state index >= 15 is 0 Å². The van der Waals surface area contributed by atoms with Crippen molar-refractivity contribution in [1.29, 1.82) is 0 Å². The first-order chi connectivity index (χ1) is 14.3. The van der Waals surface area contributed by atoms with Crippen LogP contribution in [0.5, 0.6) is 5.88 Å². The largest absolute Gasteiger partial charge is 0.472 e. The van der Waals surface area contributed by atoms with Gasteiger partial charge < -0.3 is 19.6 Å². The Balaban J connectivity index is 2.42. The number of aromatic nitrogens is 1. The maximum absolute atomic E-state index is 13.3. The Labute approximate surface area is 181 Å². The van der Waals surface area contributed by atoms with E-state index in [1.54, 1.807) is 17.2 Å². The van der Waals surface area contributed by atoms with Crippen LogP contribution in [0, 0.1) is 17.8 Å². The number of rotatable bonds is 7. The number of carbonyl (C=O) groups excluding carboxylic acids is 1. The van der Waals surface area contributed by atoms with E-state index in [9.17, 15) is 9.90 Å². The molecule has 1 aromatic heterocycles. The second-order valence-electron chi connectivity index (χ2n) is 8.50. The van der Waals surface area contributed by atoms with E-state index in [0.29, 0.717) is 30.1 Å². The third-order valence-corrected chi connectivity index (χ3v) is 5.25. The maximum atomic E-state index is 13.3. The van der Waals surface area contributed by atoms with Crippen molar-refractivity contribution in [3.05, 3.63) is 23.4 Å². The summed E-state index contributed by atoms with van der Waals surface area (Å²) in [5.74, 6) is 6.41. The molecule has 0 spiro atoms. The molecule has 166 valence electrons. The number of aliphatic hydroxyl groups excluding tert-OH is 1. The van der Waals surface area contributed by atoms with Crippen LogP contribution in [0.1, 0.15) is 43.1 Å². The Hall–Kier alpha value is -2.14. The van der Waals surface area contributed by atoms with Gasteiger partial charge in [-0.3, -0.25) is 9.69 Å². The van der Waals surface area contributed by atoms with Crippen LogP contribution >= 0.6 is 0 Å². The van der Waals surface area contributed by atoms with Crippen LogP contribution in [0.2, 0.25) is 0 Å². The molecule has 0 saturated carbocycles. The third kappa shape index (κ3) is 6.43. The molecule has 30 heavy (non-hydrogen) atoms. The van der Waals surface area contributed by atoms with Gasteiger partial charge in [0.05, 0.1) is 19.2 Å². The Morgan fingerprint density at radius 1 is 1.40 bits per heavy atom. The molecule has 3 atom stereocenters. The minimum Gasteiger partial charge on any atom is -0.472 e. The first-order valence-electron chi connectivity index (χ1n) is 10.7. The van der Waals surface area contributed by atoms with Crippen LogP contribution in [0.15, 0.2) is 12.3 Å². The highest BCUT2D eigenvalue weighted by Gasteiger charge is 2.34. The molecule has 0 unspecified atom stereocenters. The lowest BCUT2D eigenvalue weighted by Gasteiger charge is -2.37. The number of nitrogens with zero attached hydrogens (tertiary/aromatic N) is 4. The zero-order valence-corrected chi connectivity index (χ0v) is 19.2. The zero-order valence-electron chi connectivity index (χ0n) is 19.2. The van der Waals surface area contributed by atoms with Gasteiger partial charge in [-0.25, -0.2) is 4.98 Å². The highest BCUT2D eigenvalue weighted by molar-refractivity contribution is 5.97. The summed E-state index contributed by atoms with van der Waals surface area (Å²) in [6.07, 6.45) is 2.61. The number of hydrogen-bond donors (Lipinski definition) is 1. The van der Waals surface area contributed by atoms with Crippen molar-refractivity contribution >= 4 is 5.91 Å². The zero-order chi connectivity index (χ0) is 22.3. The molecule has 0 bridgehead atoms. The number of carbonyl (C=O) groups is 1. The SMILES string of the molecule is CCCN(C)C[C@@H]1Oc2ncc(C#CCN(C)C)cc2C(=O)N([C@H](C)CO)C[C@@H]1C. The highest BCUT2D eigenvalue weighted by Crippen LogP contribution is 2.27. The molecule has 1 aliphatic heterocycles. The Morgan fingerprint density at radius 3 is 2.77 bits per heavy atom. The molecule has 7 nitrogen and oxygen atoms in total. The van der Waals surface area contributed by atoms with Crippen molar-refractivity contribution in [3.8, 4) is 17.7 Å². The minimum absolute atomic E-state index is 0.0924. The number of aliphatic hydroxyl groups is 1. The summed E-state index contributed by atoms with van der Waals surface area (Å²) >= 11 is 0. The van der Waals surface area contributed by atoms with Gasteiger partial charge >= 0.3 is 0 Å². The van der Waals surface area contributed by atoms with E-state index < -0.39 is 0 Å². The monoisotopic (exact) mass is 416 g/mol. The topological polar surface area (TPSA) is 69.1 Å². The molecule has 2 heterocycles. The first-order valence-corrected chi connectivity index (χ1v) is 10.7. The fraction of sp³-hybridized carbons (Fsp3) is 0.652. The first kappa shape index (κ1) is 24.1. The second kappa shape index (κ2) is 11.3. The van der Waals surface area contributed by atoms with Crippen LogP contribution in [-0.4, -0.2) is 96.8 Å². The summed E-state index contributed by atoms with van der Waals surface area (Å²) in [4.78, 5) is 23.7. The van der Waals surface area contributed by atoms with E-state index in [0.717, 1.165) is 19.5 Å². The number of pyridine rings is 1. The lowest BCUT2D eigenvalue weighted by atomic mass is 10.00. The van der Waals surface area contributed by atoms with Gasteiger partial charge in [-0.05, 0) is 47.1 Å². The average Bonchev–Trinajstić information content (AvgIpc) is 2.70. The third-order valence-electron chi connectivity index (χ3n) is 5.25. The van der Waals surface area contributed by atoms with Crippen LogP contribution in [0.4, 0.5) is 0 Å². The van der Waals surface area contributed by atoms with Crippen molar-refractivity contribution in [3.63, 3.8) is 0 Å². The molecular formula is C23H36N4O3. The number of fused-ring (bicyclic) bond motifs is 1. The minimum atomic E-state index is -0.289. The normalized spacial score (nSPS) is 20.2. The summed E-state index contributed by atoms with van der Waals surface area (Å²) in [6, 6.07) is 1.47. The predicted molar refractivity (Wildman–Crippen MR) is 119 cm³/mol. The molecular weight excluding hydrogens is 380 g/mol.